The molecule has 7 heteroatoms. The summed E-state index contributed by atoms with van der Waals surface area (Å²) < 4.78 is 37.7. The fourth-order valence-corrected chi connectivity index (χ4v) is 1.65. The smallest absolute Gasteiger partial charge is 0.393 e. The average Bonchev–Trinajstić information content (AvgIpc) is 2.41. The van der Waals surface area contributed by atoms with Crippen molar-refractivity contribution in [3.8, 4) is 0 Å². The first-order valence-electron chi connectivity index (χ1n) is 6.53. The van der Waals surface area contributed by atoms with Gasteiger partial charge >= 0.3 is 12.2 Å². The van der Waals surface area contributed by atoms with Gasteiger partial charge in [0.1, 0.15) is 0 Å². The molecule has 0 spiro atoms. The van der Waals surface area contributed by atoms with Crippen molar-refractivity contribution in [2.24, 2.45) is 0 Å². The first-order chi connectivity index (χ1) is 9.70. The van der Waals surface area contributed by atoms with Gasteiger partial charge in [-0.15, -0.1) is 0 Å². The molecule has 4 nitrogen and oxygen atoms in total. The van der Waals surface area contributed by atoms with E-state index in [9.17, 15) is 18.0 Å². The molecule has 1 atom stereocenters. The van der Waals surface area contributed by atoms with Gasteiger partial charge in [-0.1, -0.05) is 12.1 Å². The number of nitrogens with one attached hydrogen (secondary N) is 1. The van der Waals surface area contributed by atoms with Crippen LogP contribution in [0.25, 0.3) is 0 Å². The van der Waals surface area contributed by atoms with Crippen LogP contribution in [-0.2, 0) is 12.7 Å². The highest BCUT2D eigenvalue weighted by atomic mass is 19.4. The van der Waals surface area contributed by atoms with E-state index in [-0.39, 0.29) is 6.54 Å². The summed E-state index contributed by atoms with van der Waals surface area (Å²) in [7, 11) is 1.56. The van der Waals surface area contributed by atoms with Crippen molar-refractivity contribution in [1.82, 2.24) is 10.2 Å². The summed E-state index contributed by atoms with van der Waals surface area (Å²) in [6, 6.07) is 4.43. The van der Waals surface area contributed by atoms with Crippen LogP contribution in [0.2, 0.25) is 0 Å². The van der Waals surface area contributed by atoms with Crippen LogP contribution < -0.4 is 5.32 Å². The van der Waals surface area contributed by atoms with Crippen LogP contribution in [0.4, 0.5) is 18.0 Å². The third-order valence-corrected chi connectivity index (χ3v) is 2.93. The Bertz CT molecular complexity index is 476. The Morgan fingerprint density at radius 2 is 2.10 bits per heavy atom. The summed E-state index contributed by atoms with van der Waals surface area (Å²) in [6.45, 7) is 2.00. The highest BCUT2D eigenvalue weighted by Gasteiger charge is 2.30. The lowest BCUT2D eigenvalue weighted by Gasteiger charge is -2.19. The van der Waals surface area contributed by atoms with Crippen LogP contribution in [0.1, 0.15) is 24.5 Å². The van der Waals surface area contributed by atoms with Crippen molar-refractivity contribution >= 4 is 6.03 Å². The molecule has 1 aromatic rings. The summed E-state index contributed by atoms with van der Waals surface area (Å²) in [6.07, 6.45) is -4.47. The molecule has 0 aliphatic rings. The molecule has 0 radical (unpaired) electrons. The van der Waals surface area contributed by atoms with Crippen LogP contribution in [0.3, 0.4) is 0 Å². The van der Waals surface area contributed by atoms with Gasteiger partial charge in [-0.05, 0) is 31.0 Å². The zero-order valence-electron chi connectivity index (χ0n) is 11.9. The monoisotopic (exact) mass is 304 g/mol. The van der Waals surface area contributed by atoms with E-state index in [1.54, 1.807) is 14.0 Å². The van der Waals surface area contributed by atoms with Crippen molar-refractivity contribution in [1.29, 1.82) is 0 Å². The SMILES string of the molecule is CC(O)CCN(C)C(=O)NCc1cccc(C(F)(F)F)c1. The molecule has 0 saturated heterocycles. The third kappa shape index (κ3) is 6.03. The van der Waals surface area contributed by atoms with E-state index in [0.717, 1.165) is 12.1 Å². The van der Waals surface area contributed by atoms with Crippen LogP contribution in [0.15, 0.2) is 24.3 Å². The molecule has 118 valence electrons. The van der Waals surface area contributed by atoms with Crippen LogP contribution >= 0.6 is 0 Å². The van der Waals surface area contributed by atoms with Crippen molar-refractivity contribution in [2.45, 2.75) is 32.2 Å². The van der Waals surface area contributed by atoms with Gasteiger partial charge in [0.15, 0.2) is 0 Å². The Morgan fingerprint density at radius 1 is 1.43 bits per heavy atom. The second-order valence-electron chi connectivity index (χ2n) is 4.92. The lowest BCUT2D eigenvalue weighted by Crippen LogP contribution is -2.38. The van der Waals surface area contributed by atoms with E-state index >= 15 is 0 Å². The number of halogens is 3. The van der Waals surface area contributed by atoms with E-state index < -0.39 is 23.9 Å². The van der Waals surface area contributed by atoms with Crippen molar-refractivity contribution in [2.75, 3.05) is 13.6 Å². The Labute approximate surface area is 121 Å². The fraction of sp³-hybridized carbons (Fsp3) is 0.500. The highest BCUT2D eigenvalue weighted by molar-refractivity contribution is 5.73. The number of hydrogen-bond acceptors (Lipinski definition) is 2. The predicted molar refractivity (Wildman–Crippen MR) is 72.6 cm³/mol. The molecule has 1 aromatic carbocycles. The van der Waals surface area contributed by atoms with E-state index in [0.29, 0.717) is 18.5 Å². The predicted octanol–water partition coefficient (Wildman–Crippen LogP) is 2.62. The molecule has 1 rings (SSSR count). The van der Waals surface area contributed by atoms with Crippen LogP contribution in [0.5, 0.6) is 0 Å². The van der Waals surface area contributed by atoms with Gasteiger partial charge in [-0.3, -0.25) is 0 Å². The first-order valence-corrected chi connectivity index (χ1v) is 6.53. The van der Waals surface area contributed by atoms with Crippen LogP contribution in [-0.4, -0.2) is 35.7 Å². The number of carbonyl (C=O) groups excluding carboxylic acids is 1. The molecule has 0 aliphatic heterocycles. The Hall–Kier alpha value is -1.76. The van der Waals surface area contributed by atoms with Gasteiger partial charge in [0.25, 0.3) is 0 Å². The summed E-state index contributed by atoms with van der Waals surface area (Å²) in [5.74, 6) is 0. The molecule has 0 saturated carbocycles. The Balaban J connectivity index is 2.53. The minimum absolute atomic E-state index is 0.0156. The zero-order valence-corrected chi connectivity index (χ0v) is 11.9. The molecule has 1 unspecified atom stereocenters. The maximum atomic E-state index is 12.6. The molecule has 2 N–H and O–H groups in total. The van der Waals surface area contributed by atoms with Crippen molar-refractivity contribution in [3.63, 3.8) is 0 Å². The molecule has 0 aromatic heterocycles. The normalized spacial score (nSPS) is 12.9. The number of benzene rings is 1. The number of aliphatic hydroxyl groups is 1. The lowest BCUT2D eigenvalue weighted by molar-refractivity contribution is -0.137. The third-order valence-electron chi connectivity index (χ3n) is 2.93. The molecule has 0 fully saturated rings. The van der Waals surface area contributed by atoms with E-state index in [1.807, 2.05) is 0 Å². The number of urea groups is 1. The van der Waals surface area contributed by atoms with Crippen molar-refractivity contribution < 1.29 is 23.1 Å². The lowest BCUT2D eigenvalue weighted by atomic mass is 10.1. The number of aliphatic hydroxyl groups excluding tert-OH is 1. The van der Waals surface area contributed by atoms with E-state index in [4.69, 9.17) is 5.11 Å². The Kier molecular flexibility index (Phi) is 6.02. The average molecular weight is 304 g/mol. The van der Waals surface area contributed by atoms with Gasteiger partial charge < -0.3 is 15.3 Å². The molecule has 0 bridgehead atoms. The van der Waals surface area contributed by atoms with Gasteiger partial charge in [-0.2, -0.15) is 13.2 Å². The molecule has 0 heterocycles. The molecule has 0 aliphatic carbocycles. The van der Waals surface area contributed by atoms with Gasteiger partial charge in [0.05, 0.1) is 11.7 Å². The topological polar surface area (TPSA) is 52.6 Å². The van der Waals surface area contributed by atoms with Crippen molar-refractivity contribution in [3.05, 3.63) is 35.4 Å². The molecule has 21 heavy (non-hydrogen) atoms. The second-order valence-corrected chi connectivity index (χ2v) is 4.92. The molecular formula is C14H19F3N2O2. The quantitative estimate of drug-likeness (QED) is 0.878. The minimum atomic E-state index is -4.39. The number of hydrogen-bond donors (Lipinski definition) is 2. The number of alkyl halides is 3. The highest BCUT2D eigenvalue weighted by Crippen LogP contribution is 2.29. The number of amides is 2. The molecular weight excluding hydrogens is 285 g/mol. The second kappa shape index (κ2) is 7.31. The largest absolute Gasteiger partial charge is 0.416 e. The fourth-order valence-electron chi connectivity index (χ4n) is 1.65. The minimum Gasteiger partial charge on any atom is -0.393 e. The number of rotatable bonds is 5. The van der Waals surface area contributed by atoms with Gasteiger partial charge in [0.2, 0.25) is 0 Å². The van der Waals surface area contributed by atoms with Crippen LogP contribution in [0, 0.1) is 0 Å². The maximum Gasteiger partial charge on any atom is 0.416 e. The summed E-state index contributed by atoms with van der Waals surface area (Å²) in [4.78, 5) is 13.1. The maximum absolute atomic E-state index is 12.6. The first kappa shape index (κ1) is 17.3. The van der Waals surface area contributed by atoms with E-state index in [2.05, 4.69) is 5.32 Å². The molecule has 2 amide bonds. The Morgan fingerprint density at radius 3 is 2.67 bits per heavy atom. The van der Waals surface area contributed by atoms with E-state index in [1.165, 1.54) is 17.0 Å². The summed E-state index contributed by atoms with van der Waals surface area (Å²) in [5.41, 5.74) is -0.362. The van der Waals surface area contributed by atoms with Gasteiger partial charge in [0, 0.05) is 20.1 Å². The number of carbonyl (C=O) groups is 1. The van der Waals surface area contributed by atoms with Gasteiger partial charge in [-0.25, -0.2) is 4.79 Å². The standard InChI is InChI=1S/C14H19F3N2O2/c1-10(20)6-7-19(2)13(21)18-9-11-4-3-5-12(8-11)14(15,16)17/h3-5,8,10,20H,6-7,9H2,1-2H3,(H,18,21). The zero-order chi connectivity index (χ0) is 16.0. The summed E-state index contributed by atoms with van der Waals surface area (Å²) >= 11 is 0. The number of nitrogens with zero attached hydrogens (tertiary/aromatic N) is 1. The summed E-state index contributed by atoms with van der Waals surface area (Å²) in [5, 5.41) is 11.7.